The fraction of sp³-hybridized carbons (Fsp3) is 0.421. The molecule has 1 fully saturated rings. The lowest BCUT2D eigenvalue weighted by Crippen LogP contribution is -2.41. The lowest BCUT2D eigenvalue weighted by atomic mass is 9.92. The van der Waals surface area contributed by atoms with Crippen LogP contribution in [0.15, 0.2) is 11.6 Å². The van der Waals surface area contributed by atoms with Crippen LogP contribution in [-0.4, -0.2) is 23.7 Å². The first-order chi connectivity index (χ1) is 11.5. The molecular weight excluding hydrogens is 324 g/mol. The van der Waals surface area contributed by atoms with E-state index < -0.39 is 17.7 Å². The van der Waals surface area contributed by atoms with Crippen LogP contribution in [0.3, 0.4) is 0 Å². The molecule has 25 heavy (non-hydrogen) atoms. The Morgan fingerprint density at radius 1 is 1.12 bits per heavy atom. The van der Waals surface area contributed by atoms with E-state index in [1.54, 1.807) is 0 Å². The molecule has 0 aromatic heterocycles. The summed E-state index contributed by atoms with van der Waals surface area (Å²) in [4.78, 5) is 35.4. The number of esters is 3. The van der Waals surface area contributed by atoms with Crippen molar-refractivity contribution in [3.05, 3.63) is 39.5 Å². The third kappa shape index (κ3) is 4.07. The van der Waals surface area contributed by atoms with E-state index in [0.29, 0.717) is 5.56 Å². The van der Waals surface area contributed by atoms with E-state index in [1.807, 2.05) is 26.8 Å². The van der Waals surface area contributed by atoms with Crippen LogP contribution in [0.5, 0.6) is 0 Å². The number of benzene rings is 1. The van der Waals surface area contributed by atoms with Gasteiger partial charge >= 0.3 is 17.9 Å². The molecular formula is C19H22O6. The Hall–Kier alpha value is -2.63. The van der Waals surface area contributed by atoms with Crippen LogP contribution in [-0.2, 0) is 35.2 Å². The van der Waals surface area contributed by atoms with Crippen molar-refractivity contribution in [3.8, 4) is 0 Å². The highest BCUT2D eigenvalue weighted by Gasteiger charge is 2.39. The summed E-state index contributed by atoms with van der Waals surface area (Å²) < 4.78 is 15.3. The second kappa shape index (κ2) is 6.70. The van der Waals surface area contributed by atoms with Gasteiger partial charge in [0.1, 0.15) is 12.2 Å². The maximum atomic E-state index is 12.2. The standard InChI is InChI=1S/C19H22O6/c1-10-7-11(2)16(9-23-13(4)20)12(3)14(10)8-15-17(21)24-19(5,6)25-18(15)22/h7-8H,9H2,1-6H3. The van der Waals surface area contributed by atoms with Crippen molar-refractivity contribution >= 4 is 24.0 Å². The third-order valence-corrected chi connectivity index (χ3v) is 4.02. The minimum atomic E-state index is -1.27. The molecule has 6 heteroatoms. The van der Waals surface area contributed by atoms with Gasteiger partial charge in [-0.15, -0.1) is 0 Å². The van der Waals surface area contributed by atoms with E-state index in [4.69, 9.17) is 14.2 Å². The summed E-state index contributed by atoms with van der Waals surface area (Å²) in [5, 5.41) is 0. The van der Waals surface area contributed by atoms with Crippen LogP contribution >= 0.6 is 0 Å². The highest BCUT2D eigenvalue weighted by molar-refractivity contribution is 6.19. The Morgan fingerprint density at radius 3 is 2.20 bits per heavy atom. The monoisotopic (exact) mass is 346 g/mol. The van der Waals surface area contributed by atoms with Crippen LogP contribution in [0.1, 0.15) is 48.6 Å². The van der Waals surface area contributed by atoms with Crippen LogP contribution < -0.4 is 0 Å². The first-order valence-electron chi connectivity index (χ1n) is 7.93. The summed E-state index contributed by atoms with van der Waals surface area (Å²) in [6, 6.07) is 1.92. The Labute approximate surface area is 146 Å². The van der Waals surface area contributed by atoms with Gasteiger partial charge in [0.05, 0.1) is 0 Å². The number of carbonyl (C=O) groups excluding carboxylic acids is 3. The topological polar surface area (TPSA) is 78.9 Å². The third-order valence-electron chi connectivity index (χ3n) is 4.02. The van der Waals surface area contributed by atoms with E-state index >= 15 is 0 Å². The van der Waals surface area contributed by atoms with Crippen molar-refractivity contribution in [2.24, 2.45) is 0 Å². The van der Waals surface area contributed by atoms with Gasteiger partial charge in [-0.05, 0) is 54.7 Å². The molecule has 6 nitrogen and oxygen atoms in total. The number of ether oxygens (including phenoxy) is 3. The smallest absolute Gasteiger partial charge is 0.348 e. The molecule has 0 aliphatic carbocycles. The van der Waals surface area contributed by atoms with Crippen molar-refractivity contribution in [1.29, 1.82) is 0 Å². The maximum absolute atomic E-state index is 12.2. The summed E-state index contributed by atoms with van der Waals surface area (Å²) >= 11 is 0. The number of hydrogen-bond donors (Lipinski definition) is 0. The molecule has 1 heterocycles. The van der Waals surface area contributed by atoms with Crippen LogP contribution in [0, 0.1) is 20.8 Å². The molecule has 0 saturated carbocycles. The van der Waals surface area contributed by atoms with Gasteiger partial charge in [0.25, 0.3) is 5.79 Å². The predicted octanol–water partition coefficient (Wildman–Crippen LogP) is 2.89. The number of rotatable bonds is 3. The first kappa shape index (κ1) is 18.7. The molecule has 0 spiro atoms. The van der Waals surface area contributed by atoms with E-state index in [2.05, 4.69) is 0 Å². The normalized spacial score (nSPS) is 16.2. The van der Waals surface area contributed by atoms with Gasteiger partial charge in [0, 0.05) is 20.8 Å². The molecule has 0 N–H and O–H groups in total. The van der Waals surface area contributed by atoms with Gasteiger partial charge in [-0.3, -0.25) is 4.79 Å². The molecule has 2 rings (SSSR count). The van der Waals surface area contributed by atoms with Gasteiger partial charge in [-0.25, -0.2) is 9.59 Å². The second-order valence-corrected chi connectivity index (χ2v) is 6.54. The minimum absolute atomic E-state index is 0.130. The van der Waals surface area contributed by atoms with Crippen molar-refractivity contribution in [2.75, 3.05) is 0 Å². The zero-order valence-corrected chi connectivity index (χ0v) is 15.3. The zero-order chi connectivity index (χ0) is 18.9. The molecule has 1 aliphatic heterocycles. The van der Waals surface area contributed by atoms with Crippen molar-refractivity contribution in [3.63, 3.8) is 0 Å². The average molecular weight is 346 g/mol. The van der Waals surface area contributed by atoms with Crippen LogP contribution in [0.25, 0.3) is 6.08 Å². The molecule has 134 valence electrons. The van der Waals surface area contributed by atoms with Crippen molar-refractivity contribution in [1.82, 2.24) is 0 Å². The zero-order valence-electron chi connectivity index (χ0n) is 15.3. The summed E-state index contributed by atoms with van der Waals surface area (Å²) in [5.41, 5.74) is 4.07. The molecule has 1 aliphatic rings. The highest BCUT2D eigenvalue weighted by atomic mass is 16.7. The van der Waals surface area contributed by atoms with Gasteiger partial charge in [0.15, 0.2) is 0 Å². The molecule has 0 radical (unpaired) electrons. The summed E-state index contributed by atoms with van der Waals surface area (Å²) in [6.45, 7) is 10.1. The largest absolute Gasteiger partial charge is 0.461 e. The van der Waals surface area contributed by atoms with Crippen LogP contribution in [0.2, 0.25) is 0 Å². The molecule has 1 aromatic rings. The van der Waals surface area contributed by atoms with Crippen molar-refractivity contribution in [2.45, 2.75) is 53.9 Å². The van der Waals surface area contributed by atoms with E-state index in [-0.39, 0.29) is 18.1 Å². The molecule has 1 aromatic carbocycles. The summed E-state index contributed by atoms with van der Waals surface area (Å²) in [7, 11) is 0. The molecule has 0 bridgehead atoms. The van der Waals surface area contributed by atoms with Gasteiger partial charge in [-0.2, -0.15) is 0 Å². The molecule has 0 unspecified atom stereocenters. The number of aryl methyl sites for hydroxylation is 2. The molecule has 1 saturated heterocycles. The summed E-state index contributed by atoms with van der Waals surface area (Å²) in [6.07, 6.45) is 1.47. The van der Waals surface area contributed by atoms with Crippen molar-refractivity contribution < 1.29 is 28.6 Å². The van der Waals surface area contributed by atoms with E-state index in [0.717, 1.165) is 22.3 Å². The predicted molar refractivity (Wildman–Crippen MR) is 90.4 cm³/mol. The number of cyclic esters (lactones) is 2. The Kier molecular flexibility index (Phi) is 5.02. The Morgan fingerprint density at radius 2 is 1.68 bits per heavy atom. The van der Waals surface area contributed by atoms with Crippen LogP contribution in [0.4, 0.5) is 0 Å². The molecule has 0 amide bonds. The van der Waals surface area contributed by atoms with Gasteiger partial charge in [0.2, 0.25) is 0 Å². The average Bonchev–Trinajstić information content (AvgIpc) is 2.43. The fourth-order valence-electron chi connectivity index (χ4n) is 2.78. The fourth-order valence-corrected chi connectivity index (χ4v) is 2.78. The summed E-state index contributed by atoms with van der Waals surface area (Å²) in [5.74, 6) is -3.09. The van der Waals surface area contributed by atoms with E-state index in [9.17, 15) is 14.4 Å². The highest BCUT2D eigenvalue weighted by Crippen LogP contribution is 2.29. The first-order valence-corrected chi connectivity index (χ1v) is 7.93. The Balaban J connectivity index is 2.49. The second-order valence-electron chi connectivity index (χ2n) is 6.54. The van der Waals surface area contributed by atoms with E-state index in [1.165, 1.54) is 26.8 Å². The lowest BCUT2D eigenvalue weighted by molar-refractivity contribution is -0.222. The minimum Gasteiger partial charge on any atom is -0.461 e. The Bertz CT molecular complexity index is 764. The lowest BCUT2D eigenvalue weighted by Gasteiger charge is -2.30. The molecule has 0 atom stereocenters. The maximum Gasteiger partial charge on any atom is 0.348 e. The van der Waals surface area contributed by atoms with Gasteiger partial charge in [-0.1, -0.05) is 6.07 Å². The van der Waals surface area contributed by atoms with Gasteiger partial charge < -0.3 is 14.2 Å². The number of carbonyl (C=O) groups is 3. The quantitative estimate of drug-likeness (QED) is 0.476. The SMILES string of the molecule is CC(=O)OCc1c(C)cc(C)c(C=C2C(=O)OC(C)(C)OC2=O)c1C. The number of hydrogen-bond acceptors (Lipinski definition) is 6.